The fraction of sp³-hybridized carbons (Fsp3) is 0.750. The van der Waals surface area contributed by atoms with Crippen molar-refractivity contribution in [2.75, 3.05) is 26.7 Å². The summed E-state index contributed by atoms with van der Waals surface area (Å²) in [7, 11) is 2.07. The second-order valence-corrected chi connectivity index (χ2v) is 6.78. The van der Waals surface area contributed by atoms with Gasteiger partial charge in [-0.2, -0.15) is 0 Å². The molecular weight excluding hydrogens is 280 g/mol. The molecule has 0 aromatic carbocycles. The average Bonchev–Trinajstić information content (AvgIpc) is 3.18. The molecule has 2 heterocycles. The number of rotatable bonds is 6. The number of imidazole rings is 1. The minimum atomic E-state index is -0.0585. The number of likely N-dealkylation sites (N-methyl/N-ethyl adjacent to an activating group) is 1. The Morgan fingerprint density at radius 2 is 2.09 bits per heavy atom. The first-order valence-corrected chi connectivity index (χ1v) is 8.35. The molecule has 1 N–H and O–H groups in total. The number of carbonyl (C=O) groups excluding carboxylic acids is 1. The summed E-state index contributed by atoms with van der Waals surface area (Å²) in [6, 6.07) is 0.501. The lowest BCUT2D eigenvalue weighted by molar-refractivity contribution is -0.129. The molecule has 22 heavy (non-hydrogen) atoms. The van der Waals surface area contributed by atoms with Crippen LogP contribution in [0.25, 0.3) is 0 Å². The zero-order valence-corrected chi connectivity index (χ0v) is 13.3. The second kappa shape index (κ2) is 6.69. The monoisotopic (exact) mass is 306 g/mol. The number of aromatic amines is 1. The van der Waals surface area contributed by atoms with Gasteiger partial charge in [0.15, 0.2) is 0 Å². The van der Waals surface area contributed by atoms with E-state index in [0.717, 1.165) is 19.6 Å². The number of amides is 1. The molecule has 6 nitrogen and oxygen atoms in total. The van der Waals surface area contributed by atoms with E-state index >= 15 is 0 Å². The van der Waals surface area contributed by atoms with Crippen molar-refractivity contribution in [3.63, 3.8) is 0 Å². The van der Waals surface area contributed by atoms with E-state index in [2.05, 4.69) is 21.8 Å². The first-order chi connectivity index (χ1) is 10.6. The van der Waals surface area contributed by atoms with Crippen molar-refractivity contribution < 1.29 is 4.79 Å². The first-order valence-electron chi connectivity index (χ1n) is 8.35. The third kappa shape index (κ3) is 3.43. The quantitative estimate of drug-likeness (QED) is 0.849. The Morgan fingerprint density at radius 3 is 2.77 bits per heavy atom. The molecule has 1 aromatic heterocycles. The number of likely N-dealkylation sites (tertiary alicyclic amines) is 1. The van der Waals surface area contributed by atoms with Gasteiger partial charge in [0.25, 0.3) is 0 Å². The van der Waals surface area contributed by atoms with Gasteiger partial charge in [0, 0.05) is 51.0 Å². The maximum Gasteiger partial charge on any atom is 0.325 e. The van der Waals surface area contributed by atoms with Gasteiger partial charge in [-0.25, -0.2) is 4.79 Å². The maximum absolute atomic E-state index is 12.2. The molecule has 1 saturated heterocycles. The predicted molar refractivity (Wildman–Crippen MR) is 84.6 cm³/mol. The number of H-pyrrole nitrogens is 1. The average molecular weight is 306 g/mol. The third-order valence-corrected chi connectivity index (χ3v) is 5.02. The fourth-order valence-corrected chi connectivity index (χ4v) is 3.84. The molecule has 1 aliphatic heterocycles. The molecule has 0 radical (unpaired) electrons. The van der Waals surface area contributed by atoms with Crippen molar-refractivity contribution in [1.29, 1.82) is 0 Å². The Kier molecular flexibility index (Phi) is 4.66. The molecule has 2 aliphatic rings. The van der Waals surface area contributed by atoms with Crippen molar-refractivity contribution in [3.8, 4) is 0 Å². The molecule has 1 unspecified atom stereocenters. The first kappa shape index (κ1) is 15.3. The van der Waals surface area contributed by atoms with Crippen LogP contribution in [0.15, 0.2) is 17.2 Å². The van der Waals surface area contributed by atoms with Crippen molar-refractivity contribution in [1.82, 2.24) is 19.4 Å². The number of nitrogens with zero attached hydrogens (tertiary/aromatic N) is 3. The lowest BCUT2D eigenvalue weighted by atomic mass is 10.1. The van der Waals surface area contributed by atoms with E-state index in [1.807, 2.05) is 0 Å². The summed E-state index contributed by atoms with van der Waals surface area (Å²) in [5, 5.41) is 0. The minimum absolute atomic E-state index is 0.0585. The summed E-state index contributed by atoms with van der Waals surface area (Å²) in [6.07, 6.45) is 9.03. The molecule has 1 amide bonds. The molecule has 1 atom stereocenters. The van der Waals surface area contributed by atoms with E-state index in [-0.39, 0.29) is 5.69 Å². The standard InChI is InChI=1S/C16H26N4O2/c1-18(8-9-19-7-6-17-16(19)22)11-13-10-15(21)20(12-13)14-4-2-3-5-14/h6-7,13-14H,2-5,8-12H2,1H3,(H,17,22). The van der Waals surface area contributed by atoms with E-state index in [1.165, 1.54) is 25.7 Å². The van der Waals surface area contributed by atoms with Crippen molar-refractivity contribution in [2.24, 2.45) is 5.92 Å². The number of aromatic nitrogens is 2. The van der Waals surface area contributed by atoms with Crippen LogP contribution in [0.1, 0.15) is 32.1 Å². The molecule has 122 valence electrons. The number of nitrogens with one attached hydrogen (secondary N) is 1. The van der Waals surface area contributed by atoms with E-state index in [1.54, 1.807) is 17.0 Å². The van der Waals surface area contributed by atoms with Crippen LogP contribution in [0.5, 0.6) is 0 Å². The van der Waals surface area contributed by atoms with Crippen LogP contribution in [0.3, 0.4) is 0 Å². The molecule has 0 bridgehead atoms. The Bertz CT molecular complexity index is 558. The van der Waals surface area contributed by atoms with Crippen molar-refractivity contribution in [3.05, 3.63) is 22.9 Å². The van der Waals surface area contributed by atoms with E-state index in [9.17, 15) is 9.59 Å². The Labute approximate surface area is 131 Å². The highest BCUT2D eigenvalue weighted by Gasteiger charge is 2.35. The van der Waals surface area contributed by atoms with Gasteiger partial charge in [0.2, 0.25) is 5.91 Å². The van der Waals surface area contributed by atoms with Crippen molar-refractivity contribution in [2.45, 2.75) is 44.7 Å². The highest BCUT2D eigenvalue weighted by Crippen LogP contribution is 2.29. The molecule has 3 rings (SSSR count). The van der Waals surface area contributed by atoms with Gasteiger partial charge in [-0.15, -0.1) is 0 Å². The summed E-state index contributed by atoms with van der Waals surface area (Å²) in [5.41, 5.74) is -0.0585. The van der Waals surface area contributed by atoms with Crippen LogP contribution in [-0.4, -0.2) is 58.0 Å². The lowest BCUT2D eigenvalue weighted by Crippen LogP contribution is -2.36. The Morgan fingerprint density at radius 1 is 1.32 bits per heavy atom. The summed E-state index contributed by atoms with van der Waals surface area (Å²) in [4.78, 5) is 30.7. The van der Waals surface area contributed by atoms with Crippen molar-refractivity contribution >= 4 is 5.91 Å². The van der Waals surface area contributed by atoms with Crippen LogP contribution >= 0.6 is 0 Å². The molecule has 1 aliphatic carbocycles. The fourth-order valence-electron chi connectivity index (χ4n) is 3.84. The highest BCUT2D eigenvalue weighted by molar-refractivity contribution is 5.79. The molecular formula is C16H26N4O2. The van der Waals surface area contributed by atoms with Crippen LogP contribution in [0, 0.1) is 5.92 Å². The Balaban J connectivity index is 1.46. The second-order valence-electron chi connectivity index (χ2n) is 6.78. The summed E-state index contributed by atoms with van der Waals surface area (Å²) < 4.78 is 1.68. The lowest BCUT2D eigenvalue weighted by Gasteiger charge is -2.25. The maximum atomic E-state index is 12.2. The molecule has 1 aromatic rings. The van der Waals surface area contributed by atoms with Gasteiger partial charge in [0.1, 0.15) is 0 Å². The molecule has 6 heteroatoms. The molecule has 1 saturated carbocycles. The molecule has 0 spiro atoms. The minimum Gasteiger partial charge on any atom is -0.339 e. The summed E-state index contributed by atoms with van der Waals surface area (Å²) >= 11 is 0. The topological polar surface area (TPSA) is 61.3 Å². The van der Waals surface area contributed by atoms with Gasteiger partial charge in [0.05, 0.1) is 0 Å². The van der Waals surface area contributed by atoms with Gasteiger partial charge >= 0.3 is 5.69 Å². The summed E-state index contributed by atoms with van der Waals surface area (Å²) in [5.74, 6) is 0.771. The SMILES string of the molecule is CN(CCn1cc[nH]c1=O)CC1CC(=O)N(C2CCCC2)C1. The zero-order valence-electron chi connectivity index (χ0n) is 13.3. The van der Waals surface area contributed by atoms with Crippen LogP contribution in [0.4, 0.5) is 0 Å². The highest BCUT2D eigenvalue weighted by atomic mass is 16.2. The smallest absolute Gasteiger partial charge is 0.325 e. The van der Waals surface area contributed by atoms with Crippen LogP contribution < -0.4 is 5.69 Å². The van der Waals surface area contributed by atoms with Gasteiger partial charge in [-0.3, -0.25) is 9.36 Å². The normalized spacial score (nSPS) is 23.1. The van der Waals surface area contributed by atoms with Gasteiger partial charge < -0.3 is 14.8 Å². The number of hydrogen-bond acceptors (Lipinski definition) is 3. The number of hydrogen-bond donors (Lipinski definition) is 1. The van der Waals surface area contributed by atoms with Crippen LogP contribution in [-0.2, 0) is 11.3 Å². The molecule has 2 fully saturated rings. The predicted octanol–water partition coefficient (Wildman–Crippen LogP) is 0.899. The third-order valence-electron chi connectivity index (χ3n) is 5.02. The van der Waals surface area contributed by atoms with E-state index < -0.39 is 0 Å². The number of carbonyl (C=O) groups is 1. The van der Waals surface area contributed by atoms with E-state index in [0.29, 0.717) is 30.8 Å². The van der Waals surface area contributed by atoms with Crippen LogP contribution in [0.2, 0.25) is 0 Å². The largest absolute Gasteiger partial charge is 0.339 e. The van der Waals surface area contributed by atoms with E-state index in [4.69, 9.17) is 0 Å². The summed E-state index contributed by atoms with van der Waals surface area (Å²) in [6.45, 7) is 3.35. The van der Waals surface area contributed by atoms with Gasteiger partial charge in [-0.05, 0) is 25.8 Å². The van der Waals surface area contributed by atoms with Gasteiger partial charge in [-0.1, -0.05) is 12.8 Å². The Hall–Kier alpha value is -1.56. The zero-order chi connectivity index (χ0) is 15.5.